The van der Waals surface area contributed by atoms with Crippen LogP contribution in [-0.4, -0.2) is 35.7 Å². The maximum Gasteiger partial charge on any atom is 0.237 e. The Balaban J connectivity index is 0.00000225. The molecule has 3 N–H and O–H groups in total. The highest BCUT2D eigenvalue weighted by molar-refractivity contribution is 5.85. The molecule has 1 aliphatic heterocycles. The Kier molecular flexibility index (Phi) is 7.73. The molecule has 2 aliphatic rings. The summed E-state index contributed by atoms with van der Waals surface area (Å²) in [4.78, 5) is 12.6. The minimum absolute atomic E-state index is 0. The fourth-order valence-corrected chi connectivity index (χ4v) is 4.34. The second kappa shape index (κ2) is 9.56. The van der Waals surface area contributed by atoms with E-state index in [0.717, 1.165) is 6.42 Å². The quantitative estimate of drug-likeness (QED) is 0.725. The van der Waals surface area contributed by atoms with Gasteiger partial charge in [-0.2, -0.15) is 0 Å². The fourth-order valence-electron chi connectivity index (χ4n) is 4.34. The topological polar surface area (TPSA) is 61.4 Å². The number of carbonyl (C=O) groups is 1. The Morgan fingerprint density at radius 3 is 2.68 bits per heavy atom. The second-order valence-electron chi connectivity index (χ2n) is 7.54. The van der Waals surface area contributed by atoms with Crippen molar-refractivity contribution in [3.8, 4) is 0 Å². The summed E-state index contributed by atoms with van der Waals surface area (Å²) < 4.78 is 0. The van der Waals surface area contributed by atoms with Crippen molar-refractivity contribution in [3.05, 3.63) is 35.9 Å². The molecule has 5 unspecified atom stereocenters. The van der Waals surface area contributed by atoms with E-state index in [0.29, 0.717) is 24.9 Å². The zero-order valence-corrected chi connectivity index (χ0v) is 15.8. The van der Waals surface area contributed by atoms with Gasteiger partial charge in [-0.1, -0.05) is 43.2 Å². The van der Waals surface area contributed by atoms with E-state index in [-0.39, 0.29) is 36.4 Å². The Bertz CT molecular complexity index is 524. The number of hydrogen-bond donors (Lipinski definition) is 3. The lowest BCUT2D eigenvalue weighted by Gasteiger charge is -2.24. The van der Waals surface area contributed by atoms with Crippen LogP contribution >= 0.6 is 12.4 Å². The molecule has 5 heteroatoms. The molecule has 1 aromatic rings. The number of halogens is 1. The molecule has 0 bridgehead atoms. The lowest BCUT2D eigenvalue weighted by molar-refractivity contribution is -0.123. The first-order valence-corrected chi connectivity index (χ1v) is 9.40. The van der Waals surface area contributed by atoms with Crippen molar-refractivity contribution in [2.45, 2.75) is 69.6 Å². The maximum atomic E-state index is 12.6. The number of fused-ring (bicyclic) bond motifs is 1. The Labute approximate surface area is 157 Å². The molecule has 1 saturated heterocycles. The highest BCUT2D eigenvalue weighted by Crippen LogP contribution is 2.33. The maximum absolute atomic E-state index is 12.6. The van der Waals surface area contributed by atoms with Crippen molar-refractivity contribution in [2.24, 2.45) is 5.92 Å². The Hall–Kier alpha value is -1.10. The van der Waals surface area contributed by atoms with Crippen LogP contribution in [0, 0.1) is 5.92 Å². The number of aliphatic hydroxyl groups excluding tert-OH is 1. The van der Waals surface area contributed by atoms with Crippen LogP contribution in [0.15, 0.2) is 30.3 Å². The first-order valence-electron chi connectivity index (χ1n) is 9.40. The van der Waals surface area contributed by atoms with Crippen molar-refractivity contribution in [2.75, 3.05) is 6.54 Å². The third kappa shape index (κ3) is 5.44. The largest absolute Gasteiger partial charge is 0.393 e. The third-order valence-corrected chi connectivity index (χ3v) is 5.60. The predicted molar refractivity (Wildman–Crippen MR) is 103 cm³/mol. The molecule has 0 spiro atoms. The molecule has 2 fully saturated rings. The number of carbonyl (C=O) groups excluding carboxylic acids is 1. The standard InChI is InChI=1S/C20H30N2O2.ClH/c1-14(23)11-17(15-7-3-2-4-8-15)13-21-20(24)19-12-16-9-5-6-10-18(16)22-19;/h2-4,7-8,14,16-19,22-23H,5-6,9-13H2,1H3,(H,21,24);1H. The fraction of sp³-hybridized carbons (Fsp3) is 0.650. The van der Waals surface area contributed by atoms with Gasteiger partial charge in [0.2, 0.25) is 5.91 Å². The molecule has 1 saturated carbocycles. The van der Waals surface area contributed by atoms with Crippen LogP contribution in [0.5, 0.6) is 0 Å². The second-order valence-corrected chi connectivity index (χ2v) is 7.54. The zero-order valence-electron chi connectivity index (χ0n) is 15.0. The molecule has 1 aliphatic carbocycles. The first-order chi connectivity index (χ1) is 11.6. The van der Waals surface area contributed by atoms with Crippen molar-refractivity contribution in [1.29, 1.82) is 0 Å². The van der Waals surface area contributed by atoms with Crippen molar-refractivity contribution < 1.29 is 9.90 Å². The van der Waals surface area contributed by atoms with Gasteiger partial charge in [-0.15, -0.1) is 12.4 Å². The average molecular weight is 367 g/mol. The van der Waals surface area contributed by atoms with E-state index < -0.39 is 0 Å². The van der Waals surface area contributed by atoms with Gasteiger partial charge in [-0.05, 0) is 44.1 Å². The van der Waals surface area contributed by atoms with E-state index in [1.807, 2.05) is 18.2 Å². The SMILES string of the molecule is CC(O)CC(CNC(=O)C1CC2CCCCC2N1)c1ccccc1.Cl. The minimum Gasteiger partial charge on any atom is -0.393 e. The van der Waals surface area contributed by atoms with Gasteiger partial charge < -0.3 is 15.7 Å². The number of rotatable bonds is 6. The lowest BCUT2D eigenvalue weighted by Crippen LogP contribution is -2.44. The molecule has 5 atom stereocenters. The normalized spacial score (nSPS) is 27.7. The third-order valence-electron chi connectivity index (χ3n) is 5.60. The number of nitrogens with one attached hydrogen (secondary N) is 2. The molecule has 4 nitrogen and oxygen atoms in total. The van der Waals surface area contributed by atoms with Crippen LogP contribution in [-0.2, 0) is 4.79 Å². The number of amides is 1. The van der Waals surface area contributed by atoms with Crippen LogP contribution in [0.4, 0.5) is 0 Å². The Morgan fingerprint density at radius 1 is 1.28 bits per heavy atom. The van der Waals surface area contributed by atoms with Gasteiger partial charge in [0, 0.05) is 18.5 Å². The summed E-state index contributed by atoms with van der Waals surface area (Å²) in [6, 6.07) is 10.7. The number of hydrogen-bond acceptors (Lipinski definition) is 3. The van der Waals surface area contributed by atoms with Crippen LogP contribution in [0.25, 0.3) is 0 Å². The van der Waals surface area contributed by atoms with Crippen LogP contribution < -0.4 is 10.6 Å². The molecule has 1 heterocycles. The molecule has 1 amide bonds. The summed E-state index contributed by atoms with van der Waals surface area (Å²) in [7, 11) is 0. The molecular weight excluding hydrogens is 336 g/mol. The molecular formula is C20H31ClN2O2. The Morgan fingerprint density at radius 2 is 2.00 bits per heavy atom. The summed E-state index contributed by atoms with van der Waals surface area (Å²) in [5.74, 6) is 0.951. The van der Waals surface area contributed by atoms with Crippen LogP contribution in [0.1, 0.15) is 56.9 Å². The van der Waals surface area contributed by atoms with E-state index in [1.54, 1.807) is 6.92 Å². The average Bonchev–Trinajstić information content (AvgIpc) is 3.03. The predicted octanol–water partition coefficient (Wildman–Crippen LogP) is 3.00. The monoisotopic (exact) mass is 366 g/mol. The minimum atomic E-state index is -0.375. The highest BCUT2D eigenvalue weighted by Gasteiger charge is 2.38. The van der Waals surface area contributed by atoms with Gasteiger partial charge in [-0.3, -0.25) is 4.79 Å². The van der Waals surface area contributed by atoms with Gasteiger partial charge >= 0.3 is 0 Å². The molecule has 25 heavy (non-hydrogen) atoms. The summed E-state index contributed by atoms with van der Waals surface area (Å²) in [5.41, 5.74) is 1.17. The summed E-state index contributed by atoms with van der Waals surface area (Å²) in [5, 5.41) is 16.4. The van der Waals surface area contributed by atoms with Crippen LogP contribution in [0.3, 0.4) is 0 Å². The van der Waals surface area contributed by atoms with E-state index in [9.17, 15) is 9.90 Å². The number of aliphatic hydroxyl groups is 1. The summed E-state index contributed by atoms with van der Waals surface area (Å²) >= 11 is 0. The van der Waals surface area contributed by atoms with Gasteiger partial charge in [0.1, 0.15) is 0 Å². The van der Waals surface area contributed by atoms with Gasteiger partial charge in [0.25, 0.3) is 0 Å². The van der Waals surface area contributed by atoms with Gasteiger partial charge in [0.05, 0.1) is 12.1 Å². The van der Waals surface area contributed by atoms with E-state index in [2.05, 4.69) is 22.8 Å². The number of benzene rings is 1. The summed E-state index contributed by atoms with van der Waals surface area (Å²) in [6.07, 6.45) is 6.32. The molecule has 0 radical (unpaired) electrons. The van der Waals surface area contributed by atoms with Crippen molar-refractivity contribution in [1.82, 2.24) is 10.6 Å². The van der Waals surface area contributed by atoms with Gasteiger partial charge in [-0.25, -0.2) is 0 Å². The van der Waals surface area contributed by atoms with E-state index in [1.165, 1.54) is 31.2 Å². The van der Waals surface area contributed by atoms with E-state index >= 15 is 0 Å². The highest BCUT2D eigenvalue weighted by atomic mass is 35.5. The van der Waals surface area contributed by atoms with Crippen molar-refractivity contribution in [3.63, 3.8) is 0 Å². The zero-order chi connectivity index (χ0) is 16.9. The molecule has 3 rings (SSSR count). The van der Waals surface area contributed by atoms with Gasteiger partial charge in [0.15, 0.2) is 0 Å². The smallest absolute Gasteiger partial charge is 0.237 e. The van der Waals surface area contributed by atoms with Crippen molar-refractivity contribution >= 4 is 18.3 Å². The molecule has 0 aromatic heterocycles. The van der Waals surface area contributed by atoms with Crippen LogP contribution in [0.2, 0.25) is 0 Å². The van der Waals surface area contributed by atoms with E-state index in [4.69, 9.17) is 0 Å². The first kappa shape index (κ1) is 20.2. The summed E-state index contributed by atoms with van der Waals surface area (Å²) in [6.45, 7) is 2.39. The lowest BCUT2D eigenvalue weighted by atomic mass is 9.85. The molecule has 140 valence electrons. The molecule has 1 aromatic carbocycles.